The average Bonchev–Trinajstić information content (AvgIpc) is 2.59. The van der Waals surface area contributed by atoms with Crippen LogP contribution in [0.2, 0.25) is 0 Å². The van der Waals surface area contributed by atoms with Crippen molar-refractivity contribution in [2.24, 2.45) is 0 Å². The van der Waals surface area contributed by atoms with Gasteiger partial charge in [0.2, 0.25) is 0 Å². The van der Waals surface area contributed by atoms with Gasteiger partial charge in [0, 0.05) is 24.7 Å². The minimum absolute atomic E-state index is 0.423. The zero-order chi connectivity index (χ0) is 13.2. The Morgan fingerprint density at radius 1 is 1.11 bits per heavy atom. The van der Waals surface area contributed by atoms with Gasteiger partial charge in [-0.15, -0.1) is 0 Å². The molecule has 0 saturated carbocycles. The highest BCUT2D eigenvalue weighted by molar-refractivity contribution is 5.49. The van der Waals surface area contributed by atoms with Crippen molar-refractivity contribution in [3.05, 3.63) is 65.2 Å². The van der Waals surface area contributed by atoms with Gasteiger partial charge in [-0.3, -0.25) is 0 Å². The van der Waals surface area contributed by atoms with Crippen LogP contribution in [-0.4, -0.2) is 25.0 Å². The van der Waals surface area contributed by atoms with Crippen LogP contribution in [0.15, 0.2) is 48.5 Å². The zero-order valence-electron chi connectivity index (χ0n) is 11.3. The molecule has 0 radical (unpaired) electrons. The molecule has 1 heterocycles. The first kappa shape index (κ1) is 12.2. The molecule has 1 unspecified atom stereocenters. The monoisotopic (exact) mass is 252 g/mol. The van der Waals surface area contributed by atoms with Crippen LogP contribution in [-0.2, 0) is 6.42 Å². The van der Waals surface area contributed by atoms with Crippen LogP contribution >= 0.6 is 0 Å². The smallest absolute Gasteiger partial charge is 0.0317 e. The van der Waals surface area contributed by atoms with Crippen LogP contribution in [0.3, 0.4) is 0 Å². The minimum atomic E-state index is 0.423. The summed E-state index contributed by atoms with van der Waals surface area (Å²) in [5.74, 6) is 0.423. The number of likely N-dealkylation sites (N-methyl/N-ethyl adjacent to an activating group) is 1. The van der Waals surface area contributed by atoms with Crippen LogP contribution in [0.5, 0.6) is 0 Å². The highest BCUT2D eigenvalue weighted by atomic mass is 15.1. The van der Waals surface area contributed by atoms with Crippen molar-refractivity contribution in [1.82, 2.24) is 4.90 Å². The van der Waals surface area contributed by atoms with Crippen molar-refractivity contribution in [2.45, 2.75) is 12.3 Å². The number of hydrogen-bond acceptors (Lipinski definition) is 2. The summed E-state index contributed by atoms with van der Waals surface area (Å²) in [6, 6.07) is 17.1. The Morgan fingerprint density at radius 2 is 1.89 bits per heavy atom. The van der Waals surface area contributed by atoms with Crippen LogP contribution in [0.4, 0.5) is 5.69 Å². The highest BCUT2D eigenvalue weighted by Crippen LogP contribution is 2.32. The Morgan fingerprint density at radius 3 is 2.68 bits per heavy atom. The summed E-state index contributed by atoms with van der Waals surface area (Å²) in [6.45, 7) is 2.17. The zero-order valence-corrected chi connectivity index (χ0v) is 11.3. The van der Waals surface area contributed by atoms with Crippen LogP contribution < -0.4 is 5.73 Å². The lowest BCUT2D eigenvalue weighted by atomic mass is 9.88. The van der Waals surface area contributed by atoms with Gasteiger partial charge in [0.15, 0.2) is 0 Å². The lowest BCUT2D eigenvalue weighted by Gasteiger charge is -2.22. The van der Waals surface area contributed by atoms with Gasteiger partial charge in [0.25, 0.3) is 0 Å². The lowest BCUT2D eigenvalue weighted by Crippen LogP contribution is -2.24. The van der Waals surface area contributed by atoms with Crippen molar-refractivity contribution < 1.29 is 0 Å². The van der Waals surface area contributed by atoms with E-state index in [0.717, 1.165) is 25.2 Å². The van der Waals surface area contributed by atoms with E-state index in [2.05, 4.69) is 54.4 Å². The third-order valence-electron chi connectivity index (χ3n) is 4.00. The van der Waals surface area contributed by atoms with E-state index in [1.54, 1.807) is 0 Å². The third-order valence-corrected chi connectivity index (χ3v) is 4.00. The molecular weight excluding hydrogens is 232 g/mol. The first-order chi connectivity index (χ1) is 9.24. The van der Waals surface area contributed by atoms with E-state index in [1.165, 1.54) is 16.7 Å². The van der Waals surface area contributed by atoms with Gasteiger partial charge in [-0.1, -0.05) is 36.4 Å². The fourth-order valence-corrected chi connectivity index (χ4v) is 2.95. The molecule has 0 aromatic heterocycles. The van der Waals surface area contributed by atoms with Gasteiger partial charge >= 0.3 is 0 Å². The number of nitrogens with two attached hydrogens (primary N) is 1. The summed E-state index contributed by atoms with van der Waals surface area (Å²) in [6.07, 6.45) is 1.11. The van der Waals surface area contributed by atoms with Gasteiger partial charge in [0.05, 0.1) is 0 Å². The fraction of sp³-hybridized carbons (Fsp3) is 0.294. The molecule has 0 saturated heterocycles. The molecule has 98 valence electrons. The number of fused-ring (bicyclic) bond motifs is 1. The highest BCUT2D eigenvalue weighted by Gasteiger charge is 2.22. The number of nitrogens with zero attached hydrogens (tertiary/aromatic N) is 1. The Kier molecular flexibility index (Phi) is 3.26. The van der Waals surface area contributed by atoms with E-state index in [1.807, 2.05) is 6.07 Å². The molecule has 1 aliphatic rings. The summed E-state index contributed by atoms with van der Waals surface area (Å²) in [4.78, 5) is 2.41. The van der Waals surface area contributed by atoms with E-state index in [9.17, 15) is 0 Å². The molecule has 2 aromatic rings. The molecule has 0 bridgehead atoms. The lowest BCUT2D eigenvalue weighted by molar-refractivity contribution is 0.338. The van der Waals surface area contributed by atoms with Crippen LogP contribution in [0, 0.1) is 0 Å². The number of benzene rings is 2. The second-order valence-electron chi connectivity index (χ2n) is 5.43. The van der Waals surface area contributed by atoms with E-state index >= 15 is 0 Å². The Labute approximate surface area is 114 Å². The molecule has 2 N–H and O–H groups in total. The predicted octanol–water partition coefficient (Wildman–Crippen LogP) is 2.89. The van der Waals surface area contributed by atoms with Crippen molar-refractivity contribution in [2.75, 3.05) is 25.9 Å². The molecule has 3 rings (SSSR count). The normalized spacial score (nSPS) is 19.7. The fourth-order valence-electron chi connectivity index (χ4n) is 2.95. The molecule has 19 heavy (non-hydrogen) atoms. The molecule has 0 aliphatic carbocycles. The number of hydrogen-bond donors (Lipinski definition) is 1. The number of anilines is 1. The van der Waals surface area contributed by atoms with E-state index in [0.29, 0.717) is 5.92 Å². The molecule has 2 heteroatoms. The largest absolute Gasteiger partial charge is 0.399 e. The van der Waals surface area contributed by atoms with E-state index < -0.39 is 0 Å². The second kappa shape index (κ2) is 5.06. The Hall–Kier alpha value is -1.80. The van der Waals surface area contributed by atoms with Crippen LogP contribution in [0.25, 0.3) is 0 Å². The summed E-state index contributed by atoms with van der Waals surface area (Å²) in [7, 11) is 2.20. The molecule has 0 amide bonds. The standard InChI is InChI=1S/C17H20N2/c1-19-10-9-14-7-8-15(18)11-16(14)17(12-19)13-5-3-2-4-6-13/h2-8,11,17H,9-10,12,18H2,1H3. The SMILES string of the molecule is CN1CCc2ccc(N)cc2C(c2ccccc2)C1. The van der Waals surface area contributed by atoms with Crippen molar-refractivity contribution in [3.63, 3.8) is 0 Å². The quantitative estimate of drug-likeness (QED) is 0.791. The summed E-state index contributed by atoms with van der Waals surface area (Å²) in [5.41, 5.74) is 11.1. The molecule has 0 spiro atoms. The summed E-state index contributed by atoms with van der Waals surface area (Å²) < 4.78 is 0. The van der Waals surface area contributed by atoms with E-state index in [-0.39, 0.29) is 0 Å². The van der Waals surface area contributed by atoms with Gasteiger partial charge in [0.1, 0.15) is 0 Å². The maximum atomic E-state index is 5.99. The Balaban J connectivity index is 2.09. The van der Waals surface area contributed by atoms with E-state index in [4.69, 9.17) is 5.73 Å². The number of nitrogen functional groups attached to an aromatic ring is 1. The second-order valence-corrected chi connectivity index (χ2v) is 5.43. The third kappa shape index (κ3) is 2.49. The summed E-state index contributed by atoms with van der Waals surface area (Å²) in [5, 5.41) is 0. The average molecular weight is 252 g/mol. The predicted molar refractivity (Wildman–Crippen MR) is 80.3 cm³/mol. The molecule has 1 atom stereocenters. The van der Waals surface area contributed by atoms with Crippen molar-refractivity contribution >= 4 is 5.69 Å². The molecule has 2 aromatic carbocycles. The van der Waals surface area contributed by atoms with Crippen LogP contribution in [0.1, 0.15) is 22.6 Å². The van der Waals surface area contributed by atoms with Crippen molar-refractivity contribution in [3.8, 4) is 0 Å². The molecule has 0 fully saturated rings. The van der Waals surface area contributed by atoms with Gasteiger partial charge in [-0.2, -0.15) is 0 Å². The maximum absolute atomic E-state index is 5.99. The van der Waals surface area contributed by atoms with Gasteiger partial charge in [-0.25, -0.2) is 0 Å². The van der Waals surface area contributed by atoms with Gasteiger partial charge < -0.3 is 10.6 Å². The van der Waals surface area contributed by atoms with Crippen molar-refractivity contribution in [1.29, 1.82) is 0 Å². The Bertz CT molecular complexity index is 563. The topological polar surface area (TPSA) is 29.3 Å². The molecule has 1 aliphatic heterocycles. The first-order valence-corrected chi connectivity index (χ1v) is 6.86. The molecule has 2 nitrogen and oxygen atoms in total. The first-order valence-electron chi connectivity index (χ1n) is 6.86. The van der Waals surface area contributed by atoms with Gasteiger partial charge in [-0.05, 0) is 42.3 Å². The number of rotatable bonds is 1. The maximum Gasteiger partial charge on any atom is 0.0317 e. The summed E-state index contributed by atoms with van der Waals surface area (Å²) >= 11 is 0. The molecular formula is C17H20N2. The minimum Gasteiger partial charge on any atom is -0.399 e.